The summed E-state index contributed by atoms with van der Waals surface area (Å²) in [5.74, 6) is 1.20. The zero-order chi connectivity index (χ0) is 22.9. The van der Waals surface area contributed by atoms with Crippen molar-refractivity contribution in [3.63, 3.8) is 0 Å². The van der Waals surface area contributed by atoms with Crippen molar-refractivity contribution < 1.29 is 0 Å². The molecule has 0 aliphatic rings. The van der Waals surface area contributed by atoms with Crippen LogP contribution in [0.2, 0.25) is 0 Å². The highest BCUT2D eigenvalue weighted by molar-refractivity contribution is 5.95. The number of aromatic amines is 1. The Labute approximate surface area is 192 Å². The summed E-state index contributed by atoms with van der Waals surface area (Å²) < 4.78 is 1.99. The molecule has 0 aliphatic carbocycles. The maximum Gasteiger partial charge on any atom is 0.192 e. The summed E-state index contributed by atoms with van der Waals surface area (Å²) in [6.45, 7) is 4.46. The van der Waals surface area contributed by atoms with Crippen LogP contribution in [0.3, 0.4) is 0 Å². The van der Waals surface area contributed by atoms with Crippen molar-refractivity contribution in [1.29, 1.82) is 0 Å². The molecule has 3 heterocycles. The molecule has 0 fully saturated rings. The maximum atomic E-state index is 12.5. The fourth-order valence-corrected chi connectivity index (χ4v) is 4.40. The van der Waals surface area contributed by atoms with E-state index in [4.69, 9.17) is 4.98 Å². The molecule has 33 heavy (non-hydrogen) atoms. The Morgan fingerprint density at radius 1 is 0.970 bits per heavy atom. The Hall–Kier alpha value is -3.99. The summed E-state index contributed by atoms with van der Waals surface area (Å²) in [5.41, 5.74) is 7.85. The summed E-state index contributed by atoms with van der Waals surface area (Å²) in [4.78, 5) is 25.0. The summed E-state index contributed by atoms with van der Waals surface area (Å²) in [5, 5.41) is 0. The summed E-state index contributed by atoms with van der Waals surface area (Å²) in [7, 11) is 1.95. The minimum Gasteiger partial charge on any atom is -0.367 e. The van der Waals surface area contributed by atoms with E-state index in [-0.39, 0.29) is 5.43 Å². The smallest absolute Gasteiger partial charge is 0.192 e. The standard InChI is InChI=1S/C28H26N4O/c1-18(2)13-19-14-20(16-21(15-19)24-8-4-5-11-30-24)22-7-6-9-25-27(22)31-28(32(25)3)23-17-29-12-10-26(23)33/h4-12,14-18H,13H2,1-3H3,(H,29,33). The third kappa shape index (κ3) is 3.98. The van der Waals surface area contributed by atoms with Crippen LogP contribution < -0.4 is 5.43 Å². The predicted octanol–water partition coefficient (Wildman–Crippen LogP) is 5.86. The topological polar surface area (TPSA) is 63.6 Å². The van der Waals surface area contributed by atoms with Crippen LogP contribution in [0, 0.1) is 5.92 Å². The summed E-state index contributed by atoms with van der Waals surface area (Å²) >= 11 is 0. The van der Waals surface area contributed by atoms with Gasteiger partial charge in [-0.2, -0.15) is 0 Å². The number of aryl methyl sites for hydroxylation is 1. The molecule has 5 rings (SSSR count). The van der Waals surface area contributed by atoms with E-state index in [0.29, 0.717) is 17.3 Å². The molecule has 0 unspecified atom stereocenters. The zero-order valence-electron chi connectivity index (χ0n) is 19.0. The Balaban J connectivity index is 1.73. The first-order chi connectivity index (χ1) is 16.0. The van der Waals surface area contributed by atoms with E-state index >= 15 is 0 Å². The number of pyridine rings is 2. The van der Waals surface area contributed by atoms with Crippen LogP contribution in [0.25, 0.3) is 44.8 Å². The number of imidazole rings is 1. The second kappa shape index (κ2) is 8.51. The molecular formula is C28H26N4O. The van der Waals surface area contributed by atoms with Crippen molar-refractivity contribution in [2.45, 2.75) is 20.3 Å². The lowest BCUT2D eigenvalue weighted by atomic mass is 9.93. The molecule has 2 aromatic carbocycles. The first kappa shape index (κ1) is 20.9. The number of rotatable bonds is 5. The van der Waals surface area contributed by atoms with Crippen molar-refractivity contribution in [1.82, 2.24) is 19.5 Å². The Morgan fingerprint density at radius 2 is 1.82 bits per heavy atom. The van der Waals surface area contributed by atoms with Crippen molar-refractivity contribution >= 4 is 11.0 Å². The maximum absolute atomic E-state index is 12.5. The average molecular weight is 435 g/mol. The van der Waals surface area contributed by atoms with Crippen LogP contribution in [0.15, 0.2) is 84.0 Å². The lowest BCUT2D eigenvalue weighted by molar-refractivity contribution is 0.647. The second-order valence-electron chi connectivity index (χ2n) is 8.82. The molecule has 0 saturated heterocycles. The number of H-pyrrole nitrogens is 1. The van der Waals surface area contributed by atoms with Gasteiger partial charge in [0.2, 0.25) is 0 Å². The van der Waals surface area contributed by atoms with Gasteiger partial charge in [-0.05, 0) is 53.8 Å². The van der Waals surface area contributed by atoms with Crippen molar-refractivity contribution in [2.24, 2.45) is 13.0 Å². The third-order valence-corrected chi connectivity index (χ3v) is 5.88. The van der Waals surface area contributed by atoms with E-state index in [1.165, 1.54) is 11.6 Å². The van der Waals surface area contributed by atoms with Gasteiger partial charge >= 0.3 is 0 Å². The number of para-hydroxylation sites is 1. The van der Waals surface area contributed by atoms with Crippen LogP contribution in [-0.2, 0) is 13.5 Å². The minimum atomic E-state index is -0.0509. The van der Waals surface area contributed by atoms with E-state index in [0.717, 1.165) is 39.8 Å². The van der Waals surface area contributed by atoms with Crippen LogP contribution in [-0.4, -0.2) is 19.5 Å². The highest BCUT2D eigenvalue weighted by Gasteiger charge is 2.17. The van der Waals surface area contributed by atoms with Gasteiger partial charge < -0.3 is 9.55 Å². The summed E-state index contributed by atoms with van der Waals surface area (Å²) in [6, 6.07) is 20.4. The van der Waals surface area contributed by atoms with Crippen LogP contribution in [0.1, 0.15) is 19.4 Å². The lowest BCUT2D eigenvalue weighted by Crippen LogP contribution is -2.06. The van der Waals surface area contributed by atoms with Crippen LogP contribution in [0.4, 0.5) is 0 Å². The fourth-order valence-electron chi connectivity index (χ4n) is 4.40. The SMILES string of the molecule is CC(C)Cc1cc(-c2ccccn2)cc(-c2cccc3c2nc(-c2c[nH]ccc2=O)n3C)c1. The van der Waals surface area contributed by atoms with Gasteiger partial charge in [0.15, 0.2) is 5.43 Å². The van der Waals surface area contributed by atoms with Gasteiger partial charge in [0, 0.05) is 42.8 Å². The molecule has 0 spiro atoms. The monoisotopic (exact) mass is 434 g/mol. The van der Waals surface area contributed by atoms with E-state index in [1.54, 1.807) is 12.4 Å². The van der Waals surface area contributed by atoms with E-state index in [9.17, 15) is 4.79 Å². The molecule has 5 nitrogen and oxygen atoms in total. The number of benzene rings is 2. The van der Waals surface area contributed by atoms with Crippen LogP contribution in [0.5, 0.6) is 0 Å². The van der Waals surface area contributed by atoms with Gasteiger partial charge in [-0.1, -0.05) is 38.1 Å². The largest absolute Gasteiger partial charge is 0.367 e. The molecule has 164 valence electrons. The van der Waals surface area contributed by atoms with Crippen molar-refractivity contribution in [2.75, 3.05) is 0 Å². The number of fused-ring (bicyclic) bond motifs is 1. The summed E-state index contributed by atoms with van der Waals surface area (Å²) in [6.07, 6.45) is 6.16. The number of hydrogen-bond donors (Lipinski definition) is 1. The minimum absolute atomic E-state index is 0.0509. The van der Waals surface area contributed by atoms with Crippen molar-refractivity contribution in [3.05, 3.63) is 95.0 Å². The predicted molar refractivity (Wildman–Crippen MR) is 134 cm³/mol. The van der Waals surface area contributed by atoms with Gasteiger partial charge in [0.1, 0.15) is 5.82 Å². The number of nitrogens with zero attached hydrogens (tertiary/aromatic N) is 3. The van der Waals surface area contributed by atoms with E-state index in [1.807, 2.05) is 48.1 Å². The first-order valence-electron chi connectivity index (χ1n) is 11.2. The highest BCUT2D eigenvalue weighted by Crippen LogP contribution is 2.34. The fraction of sp³-hybridized carbons (Fsp3) is 0.179. The van der Waals surface area contributed by atoms with Gasteiger partial charge in [0.05, 0.1) is 22.3 Å². The van der Waals surface area contributed by atoms with E-state index < -0.39 is 0 Å². The van der Waals surface area contributed by atoms with E-state index in [2.05, 4.69) is 48.1 Å². The Bertz CT molecular complexity index is 1500. The lowest BCUT2D eigenvalue weighted by Gasteiger charge is -2.12. The highest BCUT2D eigenvalue weighted by atomic mass is 16.1. The molecule has 0 bridgehead atoms. The zero-order valence-corrected chi connectivity index (χ0v) is 19.0. The number of hydrogen-bond acceptors (Lipinski definition) is 3. The molecule has 1 N–H and O–H groups in total. The molecular weight excluding hydrogens is 408 g/mol. The van der Waals surface area contributed by atoms with Gasteiger partial charge in [-0.3, -0.25) is 9.78 Å². The van der Waals surface area contributed by atoms with Gasteiger partial charge in [-0.25, -0.2) is 4.98 Å². The average Bonchev–Trinajstić information content (AvgIpc) is 3.16. The molecule has 0 aliphatic heterocycles. The molecule has 5 heteroatoms. The molecule has 5 aromatic rings. The second-order valence-corrected chi connectivity index (χ2v) is 8.82. The molecule has 3 aromatic heterocycles. The molecule has 0 radical (unpaired) electrons. The molecule has 0 amide bonds. The third-order valence-electron chi connectivity index (χ3n) is 5.88. The molecule has 0 saturated carbocycles. The van der Waals surface area contributed by atoms with Crippen LogP contribution >= 0.6 is 0 Å². The normalized spacial score (nSPS) is 11.4. The number of nitrogens with one attached hydrogen (secondary N) is 1. The van der Waals surface area contributed by atoms with Crippen molar-refractivity contribution in [3.8, 4) is 33.8 Å². The first-order valence-corrected chi connectivity index (χ1v) is 11.2. The Kier molecular flexibility index (Phi) is 5.38. The molecule has 0 atom stereocenters. The van der Waals surface area contributed by atoms with Gasteiger partial charge in [0.25, 0.3) is 0 Å². The quantitative estimate of drug-likeness (QED) is 0.377. The number of aromatic nitrogens is 4. The Morgan fingerprint density at radius 3 is 2.58 bits per heavy atom. The van der Waals surface area contributed by atoms with Gasteiger partial charge in [-0.15, -0.1) is 0 Å².